The first kappa shape index (κ1) is 11.6. The summed E-state index contributed by atoms with van der Waals surface area (Å²) in [6.45, 7) is 0.161. The molecule has 1 amide bonds. The Bertz CT molecular complexity index is 522. The molecule has 17 heavy (non-hydrogen) atoms. The Hall–Kier alpha value is -1.85. The van der Waals surface area contributed by atoms with E-state index in [-0.39, 0.29) is 18.2 Å². The molecule has 88 valence electrons. The van der Waals surface area contributed by atoms with Crippen molar-refractivity contribution in [3.05, 3.63) is 47.1 Å². The standard InChI is InChI=1S/C11H10ClN3O2/c12-7-1-3-8(4-2-7)15-11(16)9-6-14-10(5-13)17-9/h1-4,6H,5,13H2,(H,15,16). The topological polar surface area (TPSA) is 81.1 Å². The lowest BCUT2D eigenvalue weighted by molar-refractivity contribution is 0.0995. The van der Waals surface area contributed by atoms with Gasteiger partial charge in [0.2, 0.25) is 11.7 Å². The molecular weight excluding hydrogens is 242 g/mol. The van der Waals surface area contributed by atoms with E-state index in [1.165, 1.54) is 6.20 Å². The van der Waals surface area contributed by atoms with Crippen molar-refractivity contribution in [3.8, 4) is 0 Å². The number of carbonyl (C=O) groups excluding carboxylic acids is 1. The lowest BCUT2D eigenvalue weighted by Crippen LogP contribution is -2.10. The fourth-order valence-corrected chi connectivity index (χ4v) is 1.36. The van der Waals surface area contributed by atoms with Gasteiger partial charge in [-0.1, -0.05) is 11.6 Å². The number of benzene rings is 1. The average Bonchev–Trinajstić information content (AvgIpc) is 2.81. The highest BCUT2D eigenvalue weighted by molar-refractivity contribution is 6.30. The van der Waals surface area contributed by atoms with Crippen LogP contribution in [0.5, 0.6) is 0 Å². The predicted octanol–water partition coefficient (Wildman–Crippen LogP) is 2.04. The summed E-state index contributed by atoms with van der Waals surface area (Å²) in [5.41, 5.74) is 5.96. The van der Waals surface area contributed by atoms with Crippen molar-refractivity contribution in [1.29, 1.82) is 0 Å². The van der Waals surface area contributed by atoms with Gasteiger partial charge in [0, 0.05) is 10.7 Å². The van der Waals surface area contributed by atoms with Crippen LogP contribution < -0.4 is 11.1 Å². The molecule has 0 aliphatic carbocycles. The molecule has 0 spiro atoms. The van der Waals surface area contributed by atoms with E-state index in [1.807, 2.05) is 0 Å². The first-order valence-corrected chi connectivity index (χ1v) is 5.28. The molecule has 0 aliphatic rings. The van der Waals surface area contributed by atoms with E-state index in [1.54, 1.807) is 24.3 Å². The summed E-state index contributed by atoms with van der Waals surface area (Å²) in [6, 6.07) is 6.76. The zero-order chi connectivity index (χ0) is 12.3. The van der Waals surface area contributed by atoms with E-state index < -0.39 is 0 Å². The Morgan fingerprint density at radius 2 is 2.12 bits per heavy atom. The number of hydrogen-bond donors (Lipinski definition) is 2. The van der Waals surface area contributed by atoms with Gasteiger partial charge in [0.1, 0.15) is 0 Å². The molecule has 0 aliphatic heterocycles. The maximum absolute atomic E-state index is 11.7. The molecule has 0 saturated heterocycles. The highest BCUT2D eigenvalue weighted by atomic mass is 35.5. The second-order valence-electron chi connectivity index (χ2n) is 3.28. The van der Waals surface area contributed by atoms with Gasteiger partial charge < -0.3 is 15.5 Å². The van der Waals surface area contributed by atoms with Crippen molar-refractivity contribution in [2.45, 2.75) is 6.54 Å². The van der Waals surface area contributed by atoms with Crippen molar-refractivity contribution in [3.63, 3.8) is 0 Å². The zero-order valence-corrected chi connectivity index (χ0v) is 9.57. The third-order valence-electron chi connectivity index (χ3n) is 2.05. The van der Waals surface area contributed by atoms with Crippen LogP contribution in [0.3, 0.4) is 0 Å². The molecule has 0 atom stereocenters. The molecule has 5 nitrogen and oxygen atoms in total. The summed E-state index contributed by atoms with van der Waals surface area (Å²) >= 11 is 5.73. The molecular formula is C11H10ClN3O2. The van der Waals surface area contributed by atoms with Gasteiger partial charge >= 0.3 is 0 Å². The van der Waals surface area contributed by atoms with Gasteiger partial charge in [0.25, 0.3) is 5.91 Å². The summed E-state index contributed by atoms with van der Waals surface area (Å²) in [6.07, 6.45) is 1.34. The number of carbonyl (C=O) groups is 1. The number of nitrogens with zero attached hydrogens (tertiary/aromatic N) is 1. The van der Waals surface area contributed by atoms with E-state index in [0.29, 0.717) is 16.6 Å². The lowest BCUT2D eigenvalue weighted by Gasteiger charge is -2.02. The van der Waals surface area contributed by atoms with Crippen LogP contribution in [0.1, 0.15) is 16.4 Å². The van der Waals surface area contributed by atoms with Crippen LogP contribution in [0.2, 0.25) is 5.02 Å². The van der Waals surface area contributed by atoms with Gasteiger partial charge in [-0.25, -0.2) is 4.98 Å². The van der Waals surface area contributed by atoms with Crippen LogP contribution in [0.25, 0.3) is 0 Å². The fraction of sp³-hybridized carbons (Fsp3) is 0.0909. The third-order valence-corrected chi connectivity index (χ3v) is 2.31. The minimum Gasteiger partial charge on any atom is -0.434 e. The SMILES string of the molecule is NCc1ncc(C(=O)Nc2ccc(Cl)cc2)o1. The number of oxazole rings is 1. The number of hydrogen-bond acceptors (Lipinski definition) is 4. The highest BCUT2D eigenvalue weighted by Crippen LogP contribution is 2.14. The van der Waals surface area contributed by atoms with Crippen LogP contribution in [0.4, 0.5) is 5.69 Å². The first-order chi connectivity index (χ1) is 8.19. The molecule has 0 bridgehead atoms. The summed E-state index contributed by atoms with van der Waals surface area (Å²) in [5, 5.41) is 3.26. The predicted molar refractivity (Wildman–Crippen MR) is 63.8 cm³/mol. The van der Waals surface area contributed by atoms with Crippen molar-refractivity contribution in [2.24, 2.45) is 5.73 Å². The maximum atomic E-state index is 11.7. The van der Waals surface area contributed by atoms with Crippen molar-refractivity contribution in [1.82, 2.24) is 4.98 Å². The molecule has 0 saturated carbocycles. The number of nitrogens with two attached hydrogens (primary N) is 1. The van der Waals surface area contributed by atoms with E-state index in [4.69, 9.17) is 21.8 Å². The molecule has 3 N–H and O–H groups in total. The molecule has 2 aromatic rings. The Kier molecular flexibility index (Phi) is 3.41. The van der Waals surface area contributed by atoms with Gasteiger partial charge in [-0.05, 0) is 24.3 Å². The molecule has 1 heterocycles. The second-order valence-corrected chi connectivity index (χ2v) is 3.72. The smallest absolute Gasteiger partial charge is 0.293 e. The first-order valence-electron chi connectivity index (χ1n) is 4.91. The van der Waals surface area contributed by atoms with Crippen LogP contribution in [0.15, 0.2) is 34.9 Å². The summed E-state index contributed by atoms with van der Waals surface area (Å²) < 4.78 is 5.12. The molecule has 2 rings (SSSR count). The molecule has 6 heteroatoms. The number of nitrogens with one attached hydrogen (secondary N) is 1. The van der Waals surface area contributed by atoms with Gasteiger partial charge in [0.05, 0.1) is 12.7 Å². The molecule has 0 fully saturated rings. The number of halogens is 1. The van der Waals surface area contributed by atoms with E-state index in [0.717, 1.165) is 0 Å². The van der Waals surface area contributed by atoms with Gasteiger partial charge in [0.15, 0.2) is 0 Å². The molecule has 1 aromatic heterocycles. The van der Waals surface area contributed by atoms with Crippen LogP contribution in [0, 0.1) is 0 Å². The lowest BCUT2D eigenvalue weighted by atomic mass is 10.3. The number of anilines is 1. The normalized spacial score (nSPS) is 10.2. The molecule has 0 radical (unpaired) electrons. The third kappa shape index (κ3) is 2.83. The van der Waals surface area contributed by atoms with E-state index >= 15 is 0 Å². The largest absolute Gasteiger partial charge is 0.434 e. The number of rotatable bonds is 3. The summed E-state index contributed by atoms with van der Waals surface area (Å²) in [4.78, 5) is 15.5. The van der Waals surface area contributed by atoms with Crippen LogP contribution in [-0.2, 0) is 6.54 Å². The monoisotopic (exact) mass is 251 g/mol. The van der Waals surface area contributed by atoms with Gasteiger partial charge in [-0.15, -0.1) is 0 Å². The maximum Gasteiger partial charge on any atom is 0.293 e. The van der Waals surface area contributed by atoms with Crippen LogP contribution in [-0.4, -0.2) is 10.9 Å². The molecule has 0 unspecified atom stereocenters. The van der Waals surface area contributed by atoms with Gasteiger partial charge in [-0.2, -0.15) is 0 Å². The van der Waals surface area contributed by atoms with E-state index in [9.17, 15) is 4.79 Å². The highest BCUT2D eigenvalue weighted by Gasteiger charge is 2.11. The Morgan fingerprint density at radius 3 is 2.71 bits per heavy atom. The average molecular weight is 252 g/mol. The Labute approximate surface area is 103 Å². The Balaban J connectivity index is 2.08. The minimum atomic E-state index is -0.375. The van der Waals surface area contributed by atoms with E-state index in [2.05, 4.69) is 10.3 Å². The van der Waals surface area contributed by atoms with Crippen molar-refractivity contribution < 1.29 is 9.21 Å². The number of aromatic nitrogens is 1. The summed E-state index contributed by atoms with van der Waals surface area (Å²) in [5.74, 6) is 0.0752. The second kappa shape index (κ2) is 4.99. The molecule has 1 aromatic carbocycles. The van der Waals surface area contributed by atoms with Crippen molar-refractivity contribution >= 4 is 23.2 Å². The van der Waals surface area contributed by atoms with Crippen molar-refractivity contribution in [2.75, 3.05) is 5.32 Å². The fourth-order valence-electron chi connectivity index (χ4n) is 1.24. The quantitative estimate of drug-likeness (QED) is 0.875. The number of amides is 1. The zero-order valence-electron chi connectivity index (χ0n) is 8.81. The minimum absolute atomic E-state index is 0.125. The van der Waals surface area contributed by atoms with Crippen LogP contribution >= 0.6 is 11.6 Å². The Morgan fingerprint density at radius 1 is 1.41 bits per heavy atom. The summed E-state index contributed by atoms with van der Waals surface area (Å²) in [7, 11) is 0. The van der Waals surface area contributed by atoms with Gasteiger partial charge in [-0.3, -0.25) is 4.79 Å².